The van der Waals surface area contributed by atoms with Crippen LogP contribution in [0.4, 0.5) is 0 Å². The van der Waals surface area contributed by atoms with Gasteiger partial charge in [-0.2, -0.15) is 0 Å². The Bertz CT molecular complexity index is 822. The third kappa shape index (κ3) is 4.80. The molecular formula is C23H29N3O4. The van der Waals surface area contributed by atoms with E-state index in [9.17, 15) is 9.90 Å². The fraction of sp³-hybridized carbons (Fsp3) is 0.478. The van der Waals surface area contributed by atoms with E-state index in [4.69, 9.17) is 9.47 Å². The molecule has 0 bridgehead atoms. The normalized spacial score (nSPS) is 22.9. The number of piperidine rings is 1. The average molecular weight is 412 g/mol. The summed E-state index contributed by atoms with van der Waals surface area (Å²) in [4.78, 5) is 21.2. The van der Waals surface area contributed by atoms with Crippen LogP contribution in [0, 0.1) is 0 Å². The van der Waals surface area contributed by atoms with Gasteiger partial charge in [0.1, 0.15) is 5.75 Å². The van der Waals surface area contributed by atoms with Crippen LogP contribution in [0.2, 0.25) is 0 Å². The van der Waals surface area contributed by atoms with E-state index in [-0.39, 0.29) is 18.1 Å². The Balaban J connectivity index is 1.27. The first kappa shape index (κ1) is 20.8. The number of hydrogen-bond donors (Lipinski definition) is 1. The molecule has 2 aliphatic rings. The van der Waals surface area contributed by atoms with Crippen LogP contribution in [0.15, 0.2) is 48.7 Å². The number of carbonyl (C=O) groups excluding carboxylic acids is 1. The zero-order chi connectivity index (χ0) is 20.9. The number of carbonyl (C=O) groups is 1. The fourth-order valence-corrected chi connectivity index (χ4v) is 4.27. The first-order valence-electron chi connectivity index (χ1n) is 10.5. The molecule has 1 aromatic carbocycles. The molecule has 7 heteroatoms. The lowest BCUT2D eigenvalue weighted by Gasteiger charge is -2.36. The van der Waals surface area contributed by atoms with E-state index in [2.05, 4.69) is 9.88 Å². The highest BCUT2D eigenvalue weighted by Crippen LogP contribution is 2.24. The van der Waals surface area contributed by atoms with E-state index in [1.807, 2.05) is 18.2 Å². The largest absolute Gasteiger partial charge is 0.497 e. The van der Waals surface area contributed by atoms with Crippen LogP contribution in [0.5, 0.6) is 5.75 Å². The van der Waals surface area contributed by atoms with Crippen molar-refractivity contribution in [1.29, 1.82) is 0 Å². The number of aromatic nitrogens is 1. The molecule has 160 valence electrons. The van der Waals surface area contributed by atoms with Crippen molar-refractivity contribution >= 4 is 5.91 Å². The molecule has 2 aliphatic heterocycles. The summed E-state index contributed by atoms with van der Waals surface area (Å²) in [6, 6.07) is 12.9. The van der Waals surface area contributed by atoms with Crippen molar-refractivity contribution < 1.29 is 19.4 Å². The van der Waals surface area contributed by atoms with Gasteiger partial charge in [0, 0.05) is 37.9 Å². The van der Waals surface area contributed by atoms with Gasteiger partial charge in [-0.1, -0.05) is 6.07 Å². The van der Waals surface area contributed by atoms with Gasteiger partial charge in [0.15, 0.2) is 0 Å². The molecule has 2 saturated heterocycles. The summed E-state index contributed by atoms with van der Waals surface area (Å²) < 4.78 is 11.2. The van der Waals surface area contributed by atoms with Crippen LogP contribution in [0.3, 0.4) is 0 Å². The molecule has 0 saturated carbocycles. The molecule has 4 rings (SSSR count). The Labute approximate surface area is 177 Å². The van der Waals surface area contributed by atoms with Gasteiger partial charge in [-0.15, -0.1) is 0 Å². The lowest BCUT2D eigenvalue weighted by atomic mass is 10.0. The Morgan fingerprint density at radius 2 is 1.90 bits per heavy atom. The molecule has 2 atom stereocenters. The summed E-state index contributed by atoms with van der Waals surface area (Å²) in [5.74, 6) is 0.673. The zero-order valence-corrected chi connectivity index (χ0v) is 17.3. The topological polar surface area (TPSA) is 75.1 Å². The Hall–Kier alpha value is -2.48. The van der Waals surface area contributed by atoms with Crippen LogP contribution >= 0.6 is 0 Å². The summed E-state index contributed by atoms with van der Waals surface area (Å²) in [5.41, 5.74) is 1.56. The van der Waals surface area contributed by atoms with Gasteiger partial charge in [-0.3, -0.25) is 14.7 Å². The minimum Gasteiger partial charge on any atom is -0.497 e. The molecule has 0 aliphatic carbocycles. The molecule has 1 aromatic heterocycles. The molecule has 30 heavy (non-hydrogen) atoms. The number of ether oxygens (including phenoxy) is 2. The minimum atomic E-state index is -0.529. The van der Waals surface area contributed by atoms with Gasteiger partial charge in [-0.05, 0) is 49.2 Å². The summed E-state index contributed by atoms with van der Waals surface area (Å²) in [5, 5.41) is 10.6. The summed E-state index contributed by atoms with van der Waals surface area (Å²) in [6.07, 6.45) is 3.30. The molecule has 0 radical (unpaired) electrons. The zero-order valence-electron chi connectivity index (χ0n) is 17.3. The second kappa shape index (κ2) is 9.55. The summed E-state index contributed by atoms with van der Waals surface area (Å²) in [7, 11) is 1.60. The van der Waals surface area contributed by atoms with E-state index in [0.29, 0.717) is 25.3 Å². The number of likely N-dealkylation sites (tertiary alicyclic amines) is 2. The lowest BCUT2D eigenvalue weighted by molar-refractivity contribution is -0.0222. The third-order valence-electron chi connectivity index (χ3n) is 6.02. The van der Waals surface area contributed by atoms with Crippen LogP contribution in [-0.2, 0) is 11.3 Å². The lowest BCUT2D eigenvalue weighted by Crippen LogP contribution is -2.48. The maximum absolute atomic E-state index is 12.8. The van der Waals surface area contributed by atoms with Gasteiger partial charge in [0.25, 0.3) is 5.91 Å². The quantitative estimate of drug-likeness (QED) is 0.783. The molecule has 0 unspecified atom stereocenters. The van der Waals surface area contributed by atoms with Crippen LogP contribution < -0.4 is 4.74 Å². The number of pyridine rings is 1. The van der Waals surface area contributed by atoms with Crippen molar-refractivity contribution in [3.63, 3.8) is 0 Å². The SMILES string of the molecule is COc1ccc(C(=O)N2C[C@H](O)[C@@H](N3CCC(OCc4ccccn4)CC3)C2)cc1. The Morgan fingerprint density at radius 1 is 1.13 bits per heavy atom. The predicted molar refractivity (Wildman–Crippen MR) is 112 cm³/mol. The molecule has 1 N–H and O–H groups in total. The van der Waals surface area contributed by atoms with Crippen LogP contribution in [0.25, 0.3) is 0 Å². The number of β-amino-alcohol motifs (C(OH)–C–C–N with tert-alkyl or cyclic N) is 1. The number of hydrogen-bond acceptors (Lipinski definition) is 6. The van der Waals surface area contributed by atoms with E-state index in [1.165, 1.54) is 0 Å². The second-order valence-corrected chi connectivity index (χ2v) is 7.94. The minimum absolute atomic E-state index is 0.0241. The van der Waals surface area contributed by atoms with E-state index >= 15 is 0 Å². The third-order valence-corrected chi connectivity index (χ3v) is 6.02. The molecule has 7 nitrogen and oxygen atoms in total. The van der Waals surface area contributed by atoms with E-state index < -0.39 is 6.10 Å². The number of rotatable bonds is 6. The number of amides is 1. The Morgan fingerprint density at radius 3 is 2.57 bits per heavy atom. The van der Waals surface area contributed by atoms with Crippen LogP contribution in [-0.4, -0.2) is 77.3 Å². The highest BCUT2D eigenvalue weighted by molar-refractivity contribution is 5.94. The average Bonchev–Trinajstić information content (AvgIpc) is 3.20. The van der Waals surface area contributed by atoms with E-state index in [1.54, 1.807) is 42.5 Å². The van der Waals surface area contributed by atoms with Crippen molar-refractivity contribution in [2.45, 2.75) is 37.7 Å². The fourth-order valence-electron chi connectivity index (χ4n) is 4.27. The molecule has 3 heterocycles. The second-order valence-electron chi connectivity index (χ2n) is 7.94. The van der Waals surface area contributed by atoms with Crippen molar-refractivity contribution in [2.75, 3.05) is 33.3 Å². The van der Waals surface area contributed by atoms with Gasteiger partial charge < -0.3 is 19.5 Å². The highest BCUT2D eigenvalue weighted by atomic mass is 16.5. The number of methoxy groups -OCH3 is 1. The molecule has 0 spiro atoms. The van der Waals surface area contributed by atoms with Crippen molar-refractivity contribution in [2.24, 2.45) is 0 Å². The highest BCUT2D eigenvalue weighted by Gasteiger charge is 2.39. The molecule has 2 aromatic rings. The molecular weight excluding hydrogens is 382 g/mol. The predicted octanol–water partition coefficient (Wildman–Crippen LogP) is 1.96. The Kier molecular flexibility index (Phi) is 6.62. The number of aliphatic hydroxyl groups is 1. The monoisotopic (exact) mass is 411 g/mol. The smallest absolute Gasteiger partial charge is 0.254 e. The number of aliphatic hydroxyl groups excluding tert-OH is 1. The first-order valence-corrected chi connectivity index (χ1v) is 10.5. The van der Waals surface area contributed by atoms with Gasteiger partial charge in [0.2, 0.25) is 0 Å². The van der Waals surface area contributed by atoms with Gasteiger partial charge >= 0.3 is 0 Å². The van der Waals surface area contributed by atoms with Gasteiger partial charge in [-0.25, -0.2) is 0 Å². The first-order chi connectivity index (χ1) is 14.6. The maximum Gasteiger partial charge on any atom is 0.254 e. The standard InChI is InChI=1S/C23H29N3O4/c1-29-19-7-5-17(6-8-19)23(28)26-14-21(22(27)15-26)25-12-9-20(10-13-25)30-16-18-4-2-3-11-24-18/h2-8,11,20-22,27H,9-10,12-16H2,1H3/t21-,22-/m0/s1. The van der Waals surface area contributed by atoms with E-state index in [0.717, 1.165) is 37.4 Å². The van der Waals surface area contributed by atoms with Crippen molar-refractivity contribution in [1.82, 2.24) is 14.8 Å². The molecule has 2 fully saturated rings. The number of benzene rings is 1. The number of nitrogens with zero attached hydrogens (tertiary/aromatic N) is 3. The molecule has 1 amide bonds. The summed E-state index contributed by atoms with van der Waals surface area (Å²) in [6.45, 7) is 3.16. The summed E-state index contributed by atoms with van der Waals surface area (Å²) >= 11 is 0. The van der Waals surface area contributed by atoms with Gasteiger partial charge in [0.05, 0.1) is 37.7 Å². The van der Waals surface area contributed by atoms with Crippen molar-refractivity contribution in [3.05, 3.63) is 59.9 Å². The van der Waals surface area contributed by atoms with Crippen molar-refractivity contribution in [3.8, 4) is 5.75 Å². The maximum atomic E-state index is 12.8. The van der Waals surface area contributed by atoms with Crippen LogP contribution in [0.1, 0.15) is 28.9 Å².